The second kappa shape index (κ2) is 5.99. The quantitative estimate of drug-likeness (QED) is 0.513. The van der Waals surface area contributed by atoms with E-state index in [9.17, 15) is 4.79 Å². The Morgan fingerprint density at radius 1 is 0.808 bits per heavy atom. The second-order valence-electron chi connectivity index (χ2n) is 7.00. The first-order valence-corrected chi connectivity index (χ1v) is 9.06. The van der Waals surface area contributed by atoms with Crippen LogP contribution in [0, 0.1) is 0 Å². The molecule has 126 valence electrons. The number of Topliss-reactive ketones (excluding diaryl/α,β-unsaturated/α-hetero) is 1. The summed E-state index contributed by atoms with van der Waals surface area (Å²) in [5.41, 5.74) is 3.41. The maximum Gasteiger partial charge on any atom is 0.159 e. The molecule has 1 aliphatic heterocycles. The van der Waals surface area contributed by atoms with Gasteiger partial charge in [0.05, 0.1) is 6.04 Å². The number of carbonyl (C=O) groups is 1. The molecule has 0 radical (unpaired) electrons. The van der Waals surface area contributed by atoms with Crippen LogP contribution in [-0.4, -0.2) is 11.8 Å². The molecule has 0 spiro atoms. The molecule has 5 rings (SSSR count). The van der Waals surface area contributed by atoms with Crippen LogP contribution in [0.15, 0.2) is 78.9 Å². The van der Waals surface area contributed by atoms with Gasteiger partial charge in [0.25, 0.3) is 0 Å². The van der Waals surface area contributed by atoms with Crippen molar-refractivity contribution in [2.75, 3.05) is 5.32 Å². The van der Waals surface area contributed by atoms with Crippen molar-refractivity contribution in [1.82, 2.24) is 0 Å². The van der Waals surface area contributed by atoms with Gasteiger partial charge in [-0.1, -0.05) is 72.8 Å². The number of carbonyl (C=O) groups excluding carboxylic acids is 1. The average Bonchev–Trinajstić information content (AvgIpc) is 2.69. The molecular formula is C24H19NO. The fourth-order valence-electron chi connectivity index (χ4n) is 4.08. The summed E-state index contributed by atoms with van der Waals surface area (Å²) in [5, 5.41) is 8.44. The van der Waals surface area contributed by atoms with Gasteiger partial charge in [-0.05, 0) is 38.7 Å². The van der Waals surface area contributed by atoms with Gasteiger partial charge >= 0.3 is 0 Å². The van der Waals surface area contributed by atoms with Crippen molar-refractivity contribution < 1.29 is 4.79 Å². The molecule has 0 bridgehead atoms. The predicted octanol–water partition coefficient (Wildman–Crippen LogP) is 5.14. The minimum Gasteiger partial charge on any atom is -0.375 e. The Morgan fingerprint density at radius 3 is 2.38 bits per heavy atom. The van der Waals surface area contributed by atoms with Crippen molar-refractivity contribution >= 4 is 33.0 Å². The highest BCUT2D eigenvalue weighted by Gasteiger charge is 2.26. The van der Waals surface area contributed by atoms with Crippen molar-refractivity contribution in [3.63, 3.8) is 0 Å². The van der Waals surface area contributed by atoms with Gasteiger partial charge in [-0.25, -0.2) is 0 Å². The van der Waals surface area contributed by atoms with Gasteiger partial charge in [0.1, 0.15) is 0 Å². The lowest BCUT2D eigenvalue weighted by molar-refractivity contribution is -0.119. The van der Waals surface area contributed by atoms with Gasteiger partial charge in [-0.2, -0.15) is 0 Å². The topological polar surface area (TPSA) is 29.1 Å². The summed E-state index contributed by atoms with van der Waals surface area (Å²) in [6.07, 6.45) is 1.22. The summed E-state index contributed by atoms with van der Waals surface area (Å²) < 4.78 is 0. The molecule has 4 aromatic rings. The van der Waals surface area contributed by atoms with E-state index in [1.54, 1.807) is 0 Å². The van der Waals surface area contributed by atoms with E-state index < -0.39 is 0 Å². The number of nitrogens with one attached hydrogen (secondary N) is 1. The Bertz CT molecular complexity index is 1150. The van der Waals surface area contributed by atoms with Crippen LogP contribution in [-0.2, 0) is 17.6 Å². The van der Waals surface area contributed by atoms with Crippen LogP contribution in [0.3, 0.4) is 0 Å². The van der Waals surface area contributed by atoms with Crippen molar-refractivity contribution in [3.8, 4) is 0 Å². The Hall–Kier alpha value is -3.13. The third-order valence-electron chi connectivity index (χ3n) is 5.38. The minimum absolute atomic E-state index is 0.172. The van der Waals surface area contributed by atoms with E-state index in [1.807, 2.05) is 18.2 Å². The van der Waals surface area contributed by atoms with Crippen LogP contribution in [0.1, 0.15) is 11.1 Å². The fraction of sp³-hybridized carbons (Fsp3) is 0.125. The number of fused-ring (bicyclic) bond motifs is 4. The normalized spacial score (nSPS) is 16.5. The van der Waals surface area contributed by atoms with Crippen LogP contribution >= 0.6 is 0 Å². The van der Waals surface area contributed by atoms with Gasteiger partial charge in [0.2, 0.25) is 0 Å². The van der Waals surface area contributed by atoms with Crippen LogP contribution < -0.4 is 5.32 Å². The lowest BCUT2D eigenvalue weighted by Gasteiger charge is -2.26. The monoisotopic (exact) mass is 337 g/mol. The van der Waals surface area contributed by atoms with E-state index in [0.29, 0.717) is 12.8 Å². The molecule has 0 unspecified atom stereocenters. The molecular weight excluding hydrogens is 318 g/mol. The Kier molecular flexibility index (Phi) is 3.49. The maximum atomic E-state index is 12.7. The standard InChI is InChI=1S/C24H19NO/c26-24-15-17-8-2-6-12-22(17)25-23(24)14-18-13-16-7-1-3-9-19(16)21-11-5-4-10-20(18)21/h1-13,23,25H,14-15H2/t23-/m1/s1. The number of ketones is 1. The SMILES string of the molecule is O=C1Cc2ccccc2N[C@@H]1Cc1cc2ccccc2c2ccccc12. The minimum atomic E-state index is -0.172. The molecule has 2 nitrogen and oxygen atoms in total. The fourth-order valence-corrected chi connectivity index (χ4v) is 4.08. The molecule has 1 N–H and O–H groups in total. The van der Waals surface area contributed by atoms with Crippen LogP contribution in [0.25, 0.3) is 21.5 Å². The highest BCUT2D eigenvalue weighted by molar-refractivity contribution is 6.09. The van der Waals surface area contributed by atoms with Gasteiger partial charge in [0, 0.05) is 18.5 Å². The molecule has 4 aromatic carbocycles. The molecule has 0 aromatic heterocycles. The van der Waals surface area contributed by atoms with E-state index in [0.717, 1.165) is 11.3 Å². The zero-order valence-corrected chi connectivity index (χ0v) is 14.4. The molecule has 1 heterocycles. The van der Waals surface area contributed by atoms with Crippen molar-refractivity contribution in [2.24, 2.45) is 0 Å². The largest absolute Gasteiger partial charge is 0.375 e. The Balaban J connectivity index is 1.60. The first kappa shape index (κ1) is 15.2. The number of para-hydroxylation sites is 1. The number of benzene rings is 4. The number of hydrogen-bond acceptors (Lipinski definition) is 2. The third-order valence-corrected chi connectivity index (χ3v) is 5.38. The van der Waals surface area contributed by atoms with Crippen molar-refractivity contribution in [2.45, 2.75) is 18.9 Å². The molecule has 0 amide bonds. The summed E-state index contributed by atoms with van der Waals surface area (Å²) in [7, 11) is 0. The van der Waals surface area contributed by atoms with Crippen LogP contribution in [0.5, 0.6) is 0 Å². The van der Waals surface area contributed by atoms with Gasteiger partial charge in [0.15, 0.2) is 5.78 Å². The summed E-state index contributed by atoms with van der Waals surface area (Å²) in [6, 6.07) is 27.1. The Morgan fingerprint density at radius 2 is 1.50 bits per heavy atom. The highest BCUT2D eigenvalue weighted by atomic mass is 16.1. The average molecular weight is 337 g/mol. The first-order valence-electron chi connectivity index (χ1n) is 9.06. The van der Waals surface area contributed by atoms with E-state index in [2.05, 4.69) is 66.0 Å². The van der Waals surface area contributed by atoms with Crippen LogP contribution in [0.2, 0.25) is 0 Å². The number of anilines is 1. The van der Waals surface area contributed by atoms with E-state index in [4.69, 9.17) is 0 Å². The molecule has 0 saturated carbocycles. The highest BCUT2D eigenvalue weighted by Crippen LogP contribution is 2.31. The summed E-state index contributed by atoms with van der Waals surface area (Å²) >= 11 is 0. The summed E-state index contributed by atoms with van der Waals surface area (Å²) in [6.45, 7) is 0. The van der Waals surface area contributed by atoms with Crippen molar-refractivity contribution in [1.29, 1.82) is 0 Å². The molecule has 2 heteroatoms. The third kappa shape index (κ3) is 2.46. The summed E-state index contributed by atoms with van der Waals surface area (Å²) in [4.78, 5) is 12.7. The smallest absolute Gasteiger partial charge is 0.159 e. The van der Waals surface area contributed by atoms with Gasteiger partial charge in [-0.3, -0.25) is 4.79 Å². The molecule has 26 heavy (non-hydrogen) atoms. The zero-order valence-electron chi connectivity index (χ0n) is 14.4. The lowest BCUT2D eigenvalue weighted by Crippen LogP contribution is -2.37. The van der Waals surface area contributed by atoms with Gasteiger partial charge in [-0.15, -0.1) is 0 Å². The maximum absolute atomic E-state index is 12.7. The number of rotatable bonds is 2. The molecule has 1 atom stereocenters. The molecule has 1 aliphatic rings. The second-order valence-corrected chi connectivity index (χ2v) is 7.00. The molecule has 0 fully saturated rings. The number of hydrogen-bond donors (Lipinski definition) is 1. The van der Waals surface area contributed by atoms with Gasteiger partial charge < -0.3 is 5.32 Å². The van der Waals surface area contributed by atoms with E-state index in [1.165, 1.54) is 27.1 Å². The van der Waals surface area contributed by atoms with Crippen LogP contribution in [0.4, 0.5) is 5.69 Å². The lowest BCUT2D eigenvalue weighted by atomic mass is 9.89. The Labute approximate surface area is 152 Å². The zero-order chi connectivity index (χ0) is 17.5. The van der Waals surface area contributed by atoms with Crippen molar-refractivity contribution in [3.05, 3.63) is 90.0 Å². The molecule has 0 aliphatic carbocycles. The van der Waals surface area contributed by atoms with E-state index in [-0.39, 0.29) is 11.8 Å². The summed E-state index contributed by atoms with van der Waals surface area (Å²) in [5.74, 6) is 0.265. The predicted molar refractivity (Wildman–Crippen MR) is 108 cm³/mol. The first-order chi connectivity index (χ1) is 12.8. The van der Waals surface area contributed by atoms with E-state index >= 15 is 0 Å². The molecule has 0 saturated heterocycles.